The molecule has 15 heavy (non-hydrogen) atoms. The number of hydrogen-bond donors (Lipinski definition) is 0. The summed E-state index contributed by atoms with van der Waals surface area (Å²) < 4.78 is 0. The molecule has 76 valence electrons. The molecule has 0 spiro atoms. The first-order chi connectivity index (χ1) is 6.97. The molecule has 5 heteroatoms. The number of carbonyl (C=O) groups excluding carboxylic acids is 1. The lowest BCUT2D eigenvalue weighted by Crippen LogP contribution is -2.01. The Morgan fingerprint density at radius 1 is 1.53 bits per heavy atom. The van der Waals surface area contributed by atoms with E-state index in [0.29, 0.717) is 5.56 Å². The number of hydrogen-bond acceptors (Lipinski definition) is 4. The molecule has 0 fully saturated rings. The second-order valence-electron chi connectivity index (χ2n) is 3.11. The molecule has 0 aliphatic carbocycles. The molecule has 0 saturated carbocycles. The molecule has 0 aliphatic heterocycles. The Bertz CT molecular complexity index is 486. The maximum Gasteiger partial charge on any atom is 0.273 e. The minimum absolute atomic E-state index is 0.0924. The van der Waals surface area contributed by atoms with E-state index in [2.05, 4.69) is 0 Å². The van der Waals surface area contributed by atoms with Crippen molar-refractivity contribution in [3.63, 3.8) is 0 Å². The molecular weight excluding hydrogens is 196 g/mol. The van der Waals surface area contributed by atoms with Crippen molar-refractivity contribution in [3.05, 3.63) is 38.9 Å². The minimum atomic E-state index is -0.567. The standard InChI is InChI=1S/C10H8N2O3/c1-6-3-8(5-11)9(7(2)13)4-10(6)12(14)15/h3-4H,1-2H3. The highest BCUT2D eigenvalue weighted by atomic mass is 16.6. The molecule has 0 atom stereocenters. The maximum atomic E-state index is 11.1. The molecule has 1 rings (SSSR count). The van der Waals surface area contributed by atoms with E-state index in [1.165, 1.54) is 19.9 Å². The van der Waals surface area contributed by atoms with E-state index in [0.717, 1.165) is 6.07 Å². The first-order valence-corrected chi connectivity index (χ1v) is 4.17. The van der Waals surface area contributed by atoms with Crippen molar-refractivity contribution in [2.24, 2.45) is 0 Å². The van der Waals surface area contributed by atoms with Crippen LogP contribution in [0.3, 0.4) is 0 Å². The Morgan fingerprint density at radius 2 is 2.13 bits per heavy atom. The van der Waals surface area contributed by atoms with Gasteiger partial charge >= 0.3 is 0 Å². The van der Waals surface area contributed by atoms with Crippen LogP contribution in [-0.2, 0) is 0 Å². The van der Waals surface area contributed by atoms with Crippen LogP contribution >= 0.6 is 0 Å². The highest BCUT2D eigenvalue weighted by molar-refractivity contribution is 5.97. The number of nitrogens with zero attached hydrogens (tertiary/aromatic N) is 2. The second kappa shape index (κ2) is 3.88. The van der Waals surface area contributed by atoms with Gasteiger partial charge in [0.25, 0.3) is 5.69 Å². The number of aryl methyl sites for hydroxylation is 1. The van der Waals surface area contributed by atoms with Crippen LogP contribution in [0.15, 0.2) is 12.1 Å². The first kappa shape index (κ1) is 10.9. The third-order valence-corrected chi connectivity index (χ3v) is 2.03. The Morgan fingerprint density at radius 3 is 2.53 bits per heavy atom. The summed E-state index contributed by atoms with van der Waals surface area (Å²) in [6.45, 7) is 2.80. The van der Waals surface area contributed by atoms with Crippen molar-refractivity contribution in [2.45, 2.75) is 13.8 Å². The third kappa shape index (κ3) is 1.99. The topological polar surface area (TPSA) is 84.0 Å². The van der Waals surface area contributed by atoms with Gasteiger partial charge in [0.15, 0.2) is 5.78 Å². The zero-order chi connectivity index (χ0) is 11.6. The summed E-state index contributed by atoms with van der Waals surface area (Å²) in [4.78, 5) is 21.2. The molecular formula is C10H8N2O3. The normalized spacial score (nSPS) is 9.40. The summed E-state index contributed by atoms with van der Waals surface area (Å²) in [6.07, 6.45) is 0. The van der Waals surface area contributed by atoms with Crippen molar-refractivity contribution in [3.8, 4) is 6.07 Å². The minimum Gasteiger partial charge on any atom is -0.294 e. The van der Waals surface area contributed by atoms with Crippen molar-refractivity contribution < 1.29 is 9.72 Å². The Balaban J connectivity index is 3.52. The predicted octanol–water partition coefficient (Wildman–Crippen LogP) is 1.98. The second-order valence-corrected chi connectivity index (χ2v) is 3.11. The molecule has 0 radical (unpaired) electrons. The summed E-state index contributed by atoms with van der Waals surface area (Å²) in [7, 11) is 0. The molecule has 0 bridgehead atoms. The van der Waals surface area contributed by atoms with Gasteiger partial charge < -0.3 is 0 Å². The number of nitro groups is 1. The van der Waals surface area contributed by atoms with Gasteiger partial charge in [-0.05, 0) is 19.9 Å². The van der Waals surface area contributed by atoms with Crippen molar-refractivity contribution in [1.82, 2.24) is 0 Å². The van der Waals surface area contributed by atoms with Crippen molar-refractivity contribution >= 4 is 11.5 Å². The van der Waals surface area contributed by atoms with Crippen LogP contribution in [0.4, 0.5) is 5.69 Å². The molecule has 0 aliphatic rings. The number of rotatable bonds is 2. The van der Waals surface area contributed by atoms with Gasteiger partial charge in [0.05, 0.1) is 16.6 Å². The Labute approximate surface area is 86.1 Å². The highest BCUT2D eigenvalue weighted by Gasteiger charge is 2.17. The van der Waals surface area contributed by atoms with Crippen LogP contribution in [0, 0.1) is 28.4 Å². The highest BCUT2D eigenvalue weighted by Crippen LogP contribution is 2.22. The number of benzene rings is 1. The number of carbonyl (C=O) groups is 1. The number of ketones is 1. The van der Waals surface area contributed by atoms with Crippen molar-refractivity contribution in [1.29, 1.82) is 5.26 Å². The zero-order valence-electron chi connectivity index (χ0n) is 8.27. The quantitative estimate of drug-likeness (QED) is 0.418. The molecule has 0 heterocycles. The van der Waals surface area contributed by atoms with Gasteiger partial charge in [0.2, 0.25) is 0 Å². The smallest absolute Gasteiger partial charge is 0.273 e. The summed E-state index contributed by atoms with van der Waals surface area (Å²) >= 11 is 0. The molecule has 5 nitrogen and oxygen atoms in total. The SMILES string of the molecule is CC(=O)c1cc([N+](=O)[O-])c(C)cc1C#N. The van der Waals surface area contributed by atoms with Crippen LogP contribution in [-0.4, -0.2) is 10.7 Å². The van der Waals surface area contributed by atoms with Gasteiger partial charge in [-0.3, -0.25) is 14.9 Å². The zero-order valence-corrected chi connectivity index (χ0v) is 8.27. The van der Waals surface area contributed by atoms with Gasteiger partial charge in [-0.1, -0.05) is 0 Å². The van der Waals surface area contributed by atoms with E-state index < -0.39 is 4.92 Å². The van der Waals surface area contributed by atoms with E-state index in [4.69, 9.17) is 5.26 Å². The molecule has 0 saturated heterocycles. The fourth-order valence-corrected chi connectivity index (χ4v) is 1.28. The molecule has 0 N–H and O–H groups in total. The lowest BCUT2D eigenvalue weighted by molar-refractivity contribution is -0.385. The van der Waals surface area contributed by atoms with E-state index >= 15 is 0 Å². The van der Waals surface area contributed by atoms with E-state index in [1.54, 1.807) is 0 Å². The summed E-state index contributed by atoms with van der Waals surface area (Å²) in [5.74, 6) is -0.352. The fraction of sp³-hybridized carbons (Fsp3) is 0.200. The summed E-state index contributed by atoms with van der Waals surface area (Å²) in [6, 6.07) is 4.35. The van der Waals surface area contributed by atoms with Crippen LogP contribution < -0.4 is 0 Å². The lowest BCUT2D eigenvalue weighted by atomic mass is 10.0. The lowest BCUT2D eigenvalue weighted by Gasteiger charge is -2.02. The number of Topliss-reactive ketones (excluding diaryl/α,β-unsaturated/α-hetero) is 1. The summed E-state index contributed by atoms with van der Waals surface area (Å²) in [5.41, 5.74) is 0.501. The Hall–Kier alpha value is -2.22. The van der Waals surface area contributed by atoms with E-state index in [1.807, 2.05) is 6.07 Å². The molecule has 1 aromatic rings. The van der Waals surface area contributed by atoms with Crippen LogP contribution in [0.5, 0.6) is 0 Å². The average Bonchev–Trinajstić information content (AvgIpc) is 2.16. The third-order valence-electron chi connectivity index (χ3n) is 2.03. The van der Waals surface area contributed by atoms with Gasteiger partial charge in [-0.15, -0.1) is 0 Å². The Kier molecular flexibility index (Phi) is 2.81. The van der Waals surface area contributed by atoms with Gasteiger partial charge in [-0.25, -0.2) is 0 Å². The fourth-order valence-electron chi connectivity index (χ4n) is 1.28. The van der Waals surface area contributed by atoms with Crippen LogP contribution in [0.1, 0.15) is 28.4 Å². The molecule has 0 amide bonds. The maximum absolute atomic E-state index is 11.1. The first-order valence-electron chi connectivity index (χ1n) is 4.17. The molecule has 0 unspecified atom stereocenters. The molecule has 0 aromatic heterocycles. The van der Waals surface area contributed by atoms with Gasteiger partial charge in [0, 0.05) is 17.2 Å². The van der Waals surface area contributed by atoms with Gasteiger partial charge in [-0.2, -0.15) is 5.26 Å². The molecule has 1 aromatic carbocycles. The predicted molar refractivity (Wildman–Crippen MR) is 52.6 cm³/mol. The van der Waals surface area contributed by atoms with Gasteiger partial charge in [0.1, 0.15) is 0 Å². The average molecular weight is 204 g/mol. The largest absolute Gasteiger partial charge is 0.294 e. The van der Waals surface area contributed by atoms with Crippen LogP contribution in [0.25, 0.3) is 0 Å². The van der Waals surface area contributed by atoms with Crippen LogP contribution in [0.2, 0.25) is 0 Å². The van der Waals surface area contributed by atoms with E-state index in [9.17, 15) is 14.9 Å². The number of nitro benzene ring substituents is 1. The number of nitriles is 1. The van der Waals surface area contributed by atoms with E-state index in [-0.39, 0.29) is 22.6 Å². The van der Waals surface area contributed by atoms with Crippen molar-refractivity contribution in [2.75, 3.05) is 0 Å². The summed E-state index contributed by atoms with van der Waals surface area (Å²) in [5, 5.41) is 19.4. The monoisotopic (exact) mass is 204 g/mol.